The number of phenols is 1. The third-order valence-corrected chi connectivity index (χ3v) is 6.67. The SMILES string of the molecule is Cc1c(C)c2c(c(C)c1O)CC(CSCC(=O)O)C1(CCC1)O2. The minimum absolute atomic E-state index is 0.126. The summed E-state index contributed by atoms with van der Waals surface area (Å²) in [5, 5.41) is 19.2. The summed E-state index contributed by atoms with van der Waals surface area (Å²) in [6.45, 7) is 5.90. The van der Waals surface area contributed by atoms with Crippen molar-refractivity contribution in [3.63, 3.8) is 0 Å². The Labute approximate surface area is 141 Å². The summed E-state index contributed by atoms with van der Waals surface area (Å²) in [4.78, 5) is 10.8. The monoisotopic (exact) mass is 336 g/mol. The van der Waals surface area contributed by atoms with Gasteiger partial charge in [0.15, 0.2) is 0 Å². The van der Waals surface area contributed by atoms with Crippen LogP contribution in [0.4, 0.5) is 0 Å². The van der Waals surface area contributed by atoms with Crippen LogP contribution in [0.25, 0.3) is 0 Å². The minimum atomic E-state index is -0.768. The number of ether oxygens (including phenoxy) is 1. The molecule has 1 fully saturated rings. The van der Waals surface area contributed by atoms with Crippen LogP contribution in [0.5, 0.6) is 11.5 Å². The van der Waals surface area contributed by atoms with Crippen molar-refractivity contribution in [2.24, 2.45) is 5.92 Å². The zero-order valence-corrected chi connectivity index (χ0v) is 14.8. The summed E-state index contributed by atoms with van der Waals surface area (Å²) in [6.07, 6.45) is 4.12. The van der Waals surface area contributed by atoms with Crippen molar-refractivity contribution >= 4 is 17.7 Å². The molecule has 2 aliphatic rings. The molecule has 1 aromatic rings. The van der Waals surface area contributed by atoms with E-state index in [2.05, 4.69) is 0 Å². The van der Waals surface area contributed by atoms with Crippen molar-refractivity contribution < 1.29 is 19.7 Å². The summed E-state index contributed by atoms with van der Waals surface area (Å²) < 4.78 is 6.50. The van der Waals surface area contributed by atoms with E-state index < -0.39 is 5.97 Å². The van der Waals surface area contributed by atoms with Gasteiger partial charge in [-0.2, -0.15) is 0 Å². The molecule has 5 heteroatoms. The Balaban J connectivity index is 1.92. The maximum Gasteiger partial charge on any atom is 0.313 e. The largest absolute Gasteiger partial charge is 0.507 e. The molecule has 1 saturated carbocycles. The quantitative estimate of drug-likeness (QED) is 0.879. The molecular weight excluding hydrogens is 312 g/mol. The number of carbonyl (C=O) groups is 1. The van der Waals surface area contributed by atoms with Gasteiger partial charge in [-0.05, 0) is 63.1 Å². The minimum Gasteiger partial charge on any atom is -0.507 e. The molecule has 1 aromatic carbocycles. The Morgan fingerprint density at radius 3 is 2.52 bits per heavy atom. The second kappa shape index (κ2) is 5.93. The first-order valence-electron chi connectivity index (χ1n) is 8.16. The maximum absolute atomic E-state index is 10.8. The van der Waals surface area contributed by atoms with Crippen LogP contribution in [-0.2, 0) is 11.2 Å². The van der Waals surface area contributed by atoms with Crippen molar-refractivity contribution in [1.29, 1.82) is 0 Å². The van der Waals surface area contributed by atoms with Gasteiger partial charge in [0.2, 0.25) is 0 Å². The van der Waals surface area contributed by atoms with Gasteiger partial charge >= 0.3 is 5.97 Å². The molecule has 2 N–H and O–H groups in total. The molecule has 0 amide bonds. The van der Waals surface area contributed by atoms with Gasteiger partial charge in [-0.3, -0.25) is 4.79 Å². The predicted octanol–water partition coefficient (Wildman–Crippen LogP) is 3.61. The van der Waals surface area contributed by atoms with Gasteiger partial charge in [-0.25, -0.2) is 0 Å². The Morgan fingerprint density at radius 1 is 1.26 bits per heavy atom. The molecule has 0 bridgehead atoms. The molecule has 3 rings (SSSR count). The van der Waals surface area contributed by atoms with E-state index >= 15 is 0 Å². The molecule has 1 unspecified atom stereocenters. The number of aromatic hydroxyl groups is 1. The highest BCUT2D eigenvalue weighted by Gasteiger charge is 2.50. The lowest BCUT2D eigenvalue weighted by Crippen LogP contribution is -2.54. The first-order chi connectivity index (χ1) is 10.9. The Morgan fingerprint density at radius 2 is 1.96 bits per heavy atom. The molecule has 0 aromatic heterocycles. The van der Waals surface area contributed by atoms with Crippen molar-refractivity contribution in [2.45, 2.75) is 52.1 Å². The van der Waals surface area contributed by atoms with Gasteiger partial charge < -0.3 is 14.9 Å². The first kappa shape index (κ1) is 16.5. The van der Waals surface area contributed by atoms with Gasteiger partial charge in [-0.15, -0.1) is 11.8 Å². The zero-order chi connectivity index (χ0) is 16.8. The van der Waals surface area contributed by atoms with Crippen molar-refractivity contribution in [2.75, 3.05) is 11.5 Å². The Hall–Kier alpha value is -1.36. The number of thioether (sulfide) groups is 1. The lowest BCUT2D eigenvalue weighted by Gasteiger charge is -2.51. The van der Waals surface area contributed by atoms with E-state index in [4.69, 9.17) is 9.84 Å². The molecule has 126 valence electrons. The summed E-state index contributed by atoms with van der Waals surface area (Å²) in [7, 11) is 0. The van der Waals surface area contributed by atoms with Gasteiger partial charge in [0.25, 0.3) is 0 Å². The molecule has 1 spiro atoms. The van der Waals surface area contributed by atoms with Crippen LogP contribution in [0, 0.1) is 26.7 Å². The van der Waals surface area contributed by atoms with E-state index in [1.165, 1.54) is 18.2 Å². The Kier molecular flexibility index (Phi) is 4.25. The second-order valence-electron chi connectivity index (χ2n) is 6.86. The number of phenolic OH excluding ortho intramolecular Hbond substituents is 1. The molecule has 1 aliphatic heterocycles. The van der Waals surface area contributed by atoms with E-state index in [9.17, 15) is 9.90 Å². The molecule has 4 nitrogen and oxygen atoms in total. The summed E-state index contributed by atoms with van der Waals surface area (Å²) in [5.41, 5.74) is 3.81. The summed E-state index contributed by atoms with van der Waals surface area (Å²) in [6, 6.07) is 0. The highest BCUT2D eigenvalue weighted by Crippen LogP contribution is 2.52. The van der Waals surface area contributed by atoms with Crippen molar-refractivity contribution in [3.8, 4) is 11.5 Å². The third kappa shape index (κ3) is 2.69. The number of fused-ring (bicyclic) bond motifs is 1. The van der Waals surface area contributed by atoms with E-state index in [0.29, 0.717) is 11.7 Å². The van der Waals surface area contributed by atoms with Crippen LogP contribution < -0.4 is 4.74 Å². The number of hydrogen-bond acceptors (Lipinski definition) is 4. The van der Waals surface area contributed by atoms with Crippen molar-refractivity contribution in [1.82, 2.24) is 0 Å². The third-order valence-electron chi connectivity index (χ3n) is 5.58. The highest BCUT2D eigenvalue weighted by atomic mass is 32.2. The fourth-order valence-electron chi connectivity index (χ4n) is 3.81. The number of aliphatic carboxylic acids is 1. The Bertz CT molecular complexity index is 649. The summed E-state index contributed by atoms with van der Waals surface area (Å²) in [5.74, 6) is 1.79. The van der Waals surface area contributed by atoms with Crippen LogP contribution in [-0.4, -0.2) is 33.3 Å². The molecule has 1 atom stereocenters. The average molecular weight is 336 g/mol. The molecule has 0 radical (unpaired) electrons. The topological polar surface area (TPSA) is 66.8 Å². The normalized spacial score (nSPS) is 21.4. The van der Waals surface area contributed by atoms with Gasteiger partial charge in [0.1, 0.15) is 17.1 Å². The lowest BCUT2D eigenvalue weighted by molar-refractivity contribution is -0.133. The fourth-order valence-corrected chi connectivity index (χ4v) is 4.81. The lowest BCUT2D eigenvalue weighted by atomic mass is 9.67. The van der Waals surface area contributed by atoms with E-state index in [1.807, 2.05) is 20.8 Å². The summed E-state index contributed by atoms with van der Waals surface area (Å²) >= 11 is 1.47. The van der Waals surface area contributed by atoms with Gasteiger partial charge in [-0.1, -0.05) is 0 Å². The molecule has 0 saturated heterocycles. The zero-order valence-electron chi connectivity index (χ0n) is 13.9. The number of rotatable bonds is 4. The van der Waals surface area contributed by atoms with Gasteiger partial charge in [0.05, 0.1) is 5.75 Å². The highest BCUT2D eigenvalue weighted by molar-refractivity contribution is 7.99. The number of benzene rings is 1. The molecule has 1 aliphatic carbocycles. The van der Waals surface area contributed by atoms with E-state index in [-0.39, 0.29) is 11.4 Å². The van der Waals surface area contributed by atoms with Crippen LogP contribution in [0.2, 0.25) is 0 Å². The number of carboxylic acids is 1. The number of hydrogen-bond donors (Lipinski definition) is 2. The van der Waals surface area contributed by atoms with Crippen LogP contribution in [0.3, 0.4) is 0 Å². The fraction of sp³-hybridized carbons (Fsp3) is 0.611. The smallest absolute Gasteiger partial charge is 0.313 e. The predicted molar refractivity (Wildman–Crippen MR) is 91.7 cm³/mol. The van der Waals surface area contributed by atoms with Crippen LogP contribution >= 0.6 is 11.8 Å². The average Bonchev–Trinajstić information content (AvgIpc) is 2.48. The van der Waals surface area contributed by atoms with Crippen LogP contribution in [0.15, 0.2) is 0 Å². The van der Waals surface area contributed by atoms with E-state index in [1.54, 1.807) is 0 Å². The first-order valence-corrected chi connectivity index (χ1v) is 9.31. The van der Waals surface area contributed by atoms with E-state index in [0.717, 1.165) is 53.0 Å². The maximum atomic E-state index is 10.8. The second-order valence-corrected chi connectivity index (χ2v) is 7.89. The molecule has 1 heterocycles. The molecule has 23 heavy (non-hydrogen) atoms. The van der Waals surface area contributed by atoms with Gasteiger partial charge in [0, 0.05) is 17.2 Å². The van der Waals surface area contributed by atoms with Crippen molar-refractivity contribution in [3.05, 3.63) is 22.3 Å². The molecular formula is C18H24O4S. The van der Waals surface area contributed by atoms with Crippen LogP contribution in [0.1, 0.15) is 41.5 Å². The standard InChI is InChI=1S/C18H24O4S/c1-10-11(2)17-14(12(3)16(10)21)7-13(8-23-9-15(19)20)18(22-17)5-4-6-18/h13,21H,4-9H2,1-3H3,(H,19,20). The number of carboxylic acid groups (broad SMARTS) is 1.